The van der Waals surface area contributed by atoms with Crippen molar-refractivity contribution in [2.45, 2.75) is 32.8 Å². The Kier molecular flexibility index (Phi) is 5.56. The van der Waals surface area contributed by atoms with Gasteiger partial charge in [0.05, 0.1) is 6.10 Å². The van der Waals surface area contributed by atoms with Gasteiger partial charge >= 0.3 is 0 Å². The van der Waals surface area contributed by atoms with Crippen molar-refractivity contribution in [3.05, 3.63) is 23.9 Å². The molecule has 2 heterocycles. The highest BCUT2D eigenvalue weighted by Crippen LogP contribution is 2.21. The summed E-state index contributed by atoms with van der Waals surface area (Å²) < 4.78 is 5.47. The number of carbonyl (C=O) groups excluding carboxylic acids is 1. The van der Waals surface area contributed by atoms with Crippen molar-refractivity contribution >= 4 is 11.7 Å². The summed E-state index contributed by atoms with van der Waals surface area (Å²) in [5, 5.41) is 3.21. The highest BCUT2D eigenvalue weighted by molar-refractivity contribution is 5.92. The van der Waals surface area contributed by atoms with Crippen molar-refractivity contribution in [1.29, 1.82) is 0 Å². The molecule has 2 atom stereocenters. The number of hydrogen-bond donors (Lipinski definition) is 1. The van der Waals surface area contributed by atoms with E-state index < -0.39 is 0 Å². The number of nitrogens with one attached hydrogen (secondary N) is 1. The summed E-state index contributed by atoms with van der Waals surface area (Å²) in [7, 11) is 1.71. The number of methoxy groups -OCH3 is 1. The first-order valence-electron chi connectivity index (χ1n) is 7.68. The molecule has 2 unspecified atom stereocenters. The molecule has 1 saturated heterocycles. The van der Waals surface area contributed by atoms with Crippen LogP contribution in [0.3, 0.4) is 0 Å². The molecule has 21 heavy (non-hydrogen) atoms. The third-order valence-electron chi connectivity index (χ3n) is 4.00. The van der Waals surface area contributed by atoms with Crippen molar-refractivity contribution in [2.75, 3.05) is 32.1 Å². The molecule has 1 aliphatic rings. The lowest BCUT2D eigenvalue weighted by molar-refractivity contribution is -0.00176. The maximum atomic E-state index is 12.6. The fraction of sp³-hybridized carbons (Fsp3) is 0.625. The van der Waals surface area contributed by atoms with Crippen LogP contribution in [0.4, 0.5) is 5.82 Å². The summed E-state index contributed by atoms with van der Waals surface area (Å²) in [6.07, 6.45) is 2.11. The van der Waals surface area contributed by atoms with Crippen LogP contribution in [0, 0.1) is 5.92 Å². The van der Waals surface area contributed by atoms with Gasteiger partial charge in [0.2, 0.25) is 0 Å². The van der Waals surface area contributed by atoms with Crippen LogP contribution in [0.15, 0.2) is 18.2 Å². The SMILES string of the molecule is CCCNc1cccc(C(=O)N2CCC(C)C(OC)C2)n1. The highest BCUT2D eigenvalue weighted by atomic mass is 16.5. The normalized spacial score (nSPS) is 22.1. The minimum atomic E-state index is -0.0101. The summed E-state index contributed by atoms with van der Waals surface area (Å²) in [6.45, 7) is 6.54. The van der Waals surface area contributed by atoms with Gasteiger partial charge in [-0.3, -0.25) is 4.79 Å². The minimum Gasteiger partial charge on any atom is -0.379 e. The largest absolute Gasteiger partial charge is 0.379 e. The Morgan fingerprint density at radius 3 is 3.05 bits per heavy atom. The van der Waals surface area contributed by atoms with Crippen LogP contribution in [0.25, 0.3) is 0 Å². The second-order valence-electron chi connectivity index (χ2n) is 5.63. The summed E-state index contributed by atoms with van der Waals surface area (Å²) >= 11 is 0. The molecule has 1 aliphatic heterocycles. The van der Waals surface area contributed by atoms with Gasteiger partial charge in [0.15, 0.2) is 0 Å². The number of amides is 1. The molecule has 0 bridgehead atoms. The van der Waals surface area contributed by atoms with E-state index in [1.807, 2.05) is 17.0 Å². The van der Waals surface area contributed by atoms with Gasteiger partial charge < -0.3 is 15.0 Å². The van der Waals surface area contributed by atoms with Gasteiger partial charge in [-0.05, 0) is 30.9 Å². The van der Waals surface area contributed by atoms with Crippen molar-refractivity contribution in [3.8, 4) is 0 Å². The van der Waals surface area contributed by atoms with Gasteiger partial charge in [0.25, 0.3) is 5.91 Å². The Morgan fingerprint density at radius 2 is 2.33 bits per heavy atom. The molecule has 1 amide bonds. The van der Waals surface area contributed by atoms with Crippen LogP contribution in [-0.2, 0) is 4.74 Å². The summed E-state index contributed by atoms with van der Waals surface area (Å²) in [4.78, 5) is 18.8. The fourth-order valence-corrected chi connectivity index (χ4v) is 2.59. The lowest BCUT2D eigenvalue weighted by atomic mass is 9.95. The predicted octanol–water partition coefficient (Wildman–Crippen LogP) is 2.40. The molecule has 116 valence electrons. The molecule has 0 radical (unpaired) electrons. The first-order valence-corrected chi connectivity index (χ1v) is 7.68. The zero-order valence-corrected chi connectivity index (χ0v) is 13.1. The summed E-state index contributed by atoms with van der Waals surface area (Å²) in [6, 6.07) is 5.54. The van der Waals surface area contributed by atoms with Crippen LogP contribution in [0.5, 0.6) is 0 Å². The highest BCUT2D eigenvalue weighted by Gasteiger charge is 2.29. The number of pyridine rings is 1. The van der Waals surface area contributed by atoms with E-state index in [1.54, 1.807) is 13.2 Å². The Morgan fingerprint density at radius 1 is 1.52 bits per heavy atom. The van der Waals surface area contributed by atoms with Crippen LogP contribution in [0.2, 0.25) is 0 Å². The van der Waals surface area contributed by atoms with E-state index in [1.165, 1.54) is 0 Å². The second-order valence-corrected chi connectivity index (χ2v) is 5.63. The zero-order chi connectivity index (χ0) is 15.2. The molecule has 0 aromatic carbocycles. The first kappa shape index (κ1) is 15.8. The van der Waals surface area contributed by atoms with Crippen LogP contribution in [-0.4, -0.2) is 48.6 Å². The molecule has 0 spiro atoms. The number of piperidine rings is 1. The number of nitrogens with zero attached hydrogens (tertiary/aromatic N) is 2. The molecule has 1 N–H and O–H groups in total. The summed E-state index contributed by atoms with van der Waals surface area (Å²) in [5.41, 5.74) is 0.500. The number of anilines is 1. The Hall–Kier alpha value is -1.62. The zero-order valence-electron chi connectivity index (χ0n) is 13.1. The molecule has 5 nitrogen and oxygen atoms in total. The van der Waals surface area contributed by atoms with Gasteiger partial charge in [-0.15, -0.1) is 0 Å². The quantitative estimate of drug-likeness (QED) is 0.905. The van der Waals surface area contributed by atoms with Crippen molar-refractivity contribution in [2.24, 2.45) is 5.92 Å². The molecule has 0 aliphatic carbocycles. The van der Waals surface area contributed by atoms with Gasteiger partial charge in [0.1, 0.15) is 11.5 Å². The van der Waals surface area contributed by atoms with Crippen molar-refractivity contribution in [3.63, 3.8) is 0 Å². The molecule has 1 aromatic heterocycles. The lowest BCUT2D eigenvalue weighted by Crippen LogP contribution is -2.46. The third kappa shape index (κ3) is 3.94. The number of hydrogen-bond acceptors (Lipinski definition) is 4. The number of aromatic nitrogens is 1. The van der Waals surface area contributed by atoms with Crippen LogP contribution >= 0.6 is 0 Å². The number of carbonyl (C=O) groups is 1. The Labute approximate surface area is 126 Å². The number of ether oxygens (including phenoxy) is 1. The maximum absolute atomic E-state index is 12.6. The molecule has 2 rings (SSSR count). The van der Waals surface area contributed by atoms with E-state index in [2.05, 4.69) is 24.1 Å². The molecular weight excluding hydrogens is 266 g/mol. The molecule has 5 heteroatoms. The van der Waals surface area contributed by atoms with Gasteiger partial charge in [-0.1, -0.05) is 19.9 Å². The van der Waals surface area contributed by atoms with Crippen LogP contribution in [0.1, 0.15) is 37.2 Å². The topological polar surface area (TPSA) is 54.5 Å². The fourth-order valence-electron chi connectivity index (χ4n) is 2.59. The van der Waals surface area contributed by atoms with Crippen molar-refractivity contribution in [1.82, 2.24) is 9.88 Å². The summed E-state index contributed by atoms with van der Waals surface area (Å²) in [5.74, 6) is 1.24. The van der Waals surface area contributed by atoms with E-state index >= 15 is 0 Å². The van der Waals surface area contributed by atoms with Crippen molar-refractivity contribution < 1.29 is 9.53 Å². The van der Waals surface area contributed by atoms with E-state index in [0.29, 0.717) is 18.2 Å². The lowest BCUT2D eigenvalue weighted by Gasteiger charge is -2.36. The van der Waals surface area contributed by atoms with E-state index in [0.717, 1.165) is 31.7 Å². The average Bonchev–Trinajstić information content (AvgIpc) is 2.53. The third-order valence-corrected chi connectivity index (χ3v) is 4.00. The monoisotopic (exact) mass is 291 g/mol. The predicted molar refractivity (Wildman–Crippen MR) is 83.5 cm³/mol. The van der Waals surface area contributed by atoms with Gasteiger partial charge in [-0.2, -0.15) is 0 Å². The Balaban J connectivity index is 2.05. The van der Waals surface area contributed by atoms with E-state index in [-0.39, 0.29) is 12.0 Å². The second kappa shape index (κ2) is 7.41. The Bertz CT molecular complexity index is 478. The molecule has 1 fully saturated rings. The van der Waals surface area contributed by atoms with Gasteiger partial charge in [-0.25, -0.2) is 4.98 Å². The maximum Gasteiger partial charge on any atom is 0.272 e. The molecular formula is C16H25N3O2. The molecule has 0 saturated carbocycles. The number of rotatable bonds is 5. The van der Waals surface area contributed by atoms with Crippen LogP contribution < -0.4 is 5.32 Å². The average molecular weight is 291 g/mol. The smallest absolute Gasteiger partial charge is 0.272 e. The van der Waals surface area contributed by atoms with E-state index in [4.69, 9.17) is 4.74 Å². The standard InChI is InChI=1S/C16H25N3O2/c1-4-9-17-15-7-5-6-13(18-15)16(20)19-10-8-12(2)14(11-19)21-3/h5-7,12,14H,4,8-11H2,1-3H3,(H,17,18). The minimum absolute atomic E-state index is 0.0101. The van der Waals surface area contributed by atoms with E-state index in [9.17, 15) is 4.79 Å². The van der Waals surface area contributed by atoms with Gasteiger partial charge in [0, 0.05) is 26.7 Å². The molecule has 1 aromatic rings. The first-order chi connectivity index (χ1) is 10.2. The number of likely N-dealkylation sites (tertiary alicyclic amines) is 1.